The van der Waals surface area contributed by atoms with Crippen molar-refractivity contribution in [2.45, 2.75) is 26.3 Å². The van der Waals surface area contributed by atoms with Gasteiger partial charge in [0.25, 0.3) is 0 Å². The molecule has 2 aromatic carbocycles. The van der Waals surface area contributed by atoms with E-state index >= 15 is 0 Å². The quantitative estimate of drug-likeness (QED) is 0.628. The molecule has 2 N–H and O–H groups in total. The highest BCUT2D eigenvalue weighted by Gasteiger charge is 2.31. The molecule has 1 aliphatic rings. The highest BCUT2D eigenvalue weighted by atomic mass is 32.1. The van der Waals surface area contributed by atoms with E-state index in [1.165, 1.54) is 24.1 Å². The molecule has 2 aromatic rings. The number of anilines is 1. The van der Waals surface area contributed by atoms with Crippen LogP contribution in [0.25, 0.3) is 0 Å². The van der Waals surface area contributed by atoms with Crippen molar-refractivity contribution < 1.29 is 9.18 Å². The maximum Gasteiger partial charge on any atom is 0.240 e. The average Bonchev–Trinajstić information content (AvgIpc) is 3.02. The third kappa shape index (κ3) is 4.82. The summed E-state index contributed by atoms with van der Waals surface area (Å²) in [5.41, 5.74) is 8.82. The Bertz CT molecular complexity index is 762. The third-order valence-electron chi connectivity index (χ3n) is 3.71. The Kier molecular flexibility index (Phi) is 6.58. The summed E-state index contributed by atoms with van der Waals surface area (Å²) >= 11 is 3.79. The molecule has 132 valence electrons. The minimum absolute atomic E-state index is 0.167. The highest BCUT2D eigenvalue weighted by molar-refractivity contribution is 7.80. The zero-order valence-corrected chi connectivity index (χ0v) is 15.2. The molecule has 1 unspecified atom stereocenters. The van der Waals surface area contributed by atoms with E-state index in [1.54, 1.807) is 18.2 Å². The summed E-state index contributed by atoms with van der Waals surface area (Å²) in [6, 6.07) is 13.4. The maximum atomic E-state index is 13.5. The fraction of sp³-hybridized carbons (Fsp3) is 0.263. The normalized spacial score (nSPS) is 16.1. The van der Waals surface area contributed by atoms with E-state index < -0.39 is 0 Å². The Labute approximate surface area is 152 Å². The monoisotopic (exact) mass is 359 g/mol. The number of amides is 1. The van der Waals surface area contributed by atoms with E-state index in [-0.39, 0.29) is 17.8 Å². The van der Waals surface area contributed by atoms with E-state index in [2.05, 4.69) is 17.7 Å². The van der Waals surface area contributed by atoms with Gasteiger partial charge in [-0.3, -0.25) is 4.79 Å². The van der Waals surface area contributed by atoms with Crippen LogP contribution in [0.15, 0.2) is 53.6 Å². The summed E-state index contributed by atoms with van der Waals surface area (Å²) in [6.07, 6.45) is 0.549. The zero-order chi connectivity index (χ0) is 18.4. The summed E-state index contributed by atoms with van der Waals surface area (Å²) in [5, 5.41) is 5.83. The van der Waals surface area contributed by atoms with Crippen LogP contribution in [0, 0.1) is 5.82 Å². The fourth-order valence-electron chi connectivity index (χ4n) is 2.62. The van der Waals surface area contributed by atoms with Crippen molar-refractivity contribution in [2.24, 2.45) is 5.10 Å². The molecule has 3 rings (SSSR count). The fourth-order valence-corrected chi connectivity index (χ4v) is 2.62. The Hall–Kier alpha value is -2.34. The third-order valence-corrected chi connectivity index (χ3v) is 3.71. The minimum Gasteiger partial charge on any atom is -0.399 e. The molecule has 4 nitrogen and oxygen atoms in total. The van der Waals surface area contributed by atoms with Gasteiger partial charge in [0.05, 0.1) is 11.8 Å². The number of hydrazone groups is 1. The Morgan fingerprint density at radius 3 is 2.52 bits per heavy atom. The van der Waals surface area contributed by atoms with Gasteiger partial charge in [-0.25, -0.2) is 9.40 Å². The van der Waals surface area contributed by atoms with Gasteiger partial charge in [0.2, 0.25) is 5.91 Å². The number of hydrogen-bond donors (Lipinski definition) is 2. The number of nitrogens with zero attached hydrogens (tertiary/aromatic N) is 2. The van der Waals surface area contributed by atoms with Gasteiger partial charge in [0, 0.05) is 19.0 Å². The van der Waals surface area contributed by atoms with Gasteiger partial charge in [0.1, 0.15) is 5.82 Å². The molecule has 0 aliphatic carbocycles. The van der Waals surface area contributed by atoms with Gasteiger partial charge in [-0.1, -0.05) is 31.2 Å². The lowest BCUT2D eigenvalue weighted by Gasteiger charge is -2.20. The van der Waals surface area contributed by atoms with Crippen molar-refractivity contribution in [3.63, 3.8) is 0 Å². The van der Waals surface area contributed by atoms with Crippen LogP contribution >= 0.6 is 12.6 Å². The van der Waals surface area contributed by atoms with E-state index in [1.807, 2.05) is 25.1 Å². The minimum atomic E-state index is -0.318. The lowest BCUT2D eigenvalue weighted by molar-refractivity contribution is -0.130. The highest BCUT2D eigenvalue weighted by Crippen LogP contribution is 2.33. The molecule has 6 heteroatoms. The first-order chi connectivity index (χ1) is 12.0. The standard InChI is InChI=1S/C17H16FN3O.C2H6S/c1-11(22)21-17(13-3-2-4-14(18)9-13)10-16(20-21)12-5-7-15(19)8-6-12;1-2-3/h2-9,17H,10,19H2,1H3;3H,2H2,1H3. The van der Waals surface area contributed by atoms with Gasteiger partial charge < -0.3 is 5.73 Å². The van der Waals surface area contributed by atoms with Crippen molar-refractivity contribution in [1.29, 1.82) is 0 Å². The van der Waals surface area contributed by atoms with Gasteiger partial charge in [0.15, 0.2) is 0 Å². The number of thiol groups is 1. The van der Waals surface area contributed by atoms with Gasteiger partial charge in [-0.05, 0) is 41.1 Å². The summed E-state index contributed by atoms with van der Waals surface area (Å²) in [5.74, 6) is 0.460. The molecule has 0 aromatic heterocycles. The molecule has 1 heterocycles. The number of rotatable bonds is 2. The number of benzene rings is 2. The Morgan fingerprint density at radius 1 is 1.32 bits per heavy atom. The molecule has 1 amide bonds. The molecule has 0 spiro atoms. The van der Waals surface area contributed by atoms with E-state index in [0.29, 0.717) is 12.1 Å². The number of carbonyl (C=O) groups is 1. The SMILES string of the molecule is CC(=O)N1N=C(c2ccc(N)cc2)CC1c1cccc(F)c1.CCS. The van der Waals surface area contributed by atoms with Gasteiger partial charge in [-0.15, -0.1) is 0 Å². The number of nitrogens with two attached hydrogens (primary N) is 1. The van der Waals surface area contributed by atoms with E-state index in [0.717, 1.165) is 22.6 Å². The van der Waals surface area contributed by atoms with Crippen LogP contribution in [-0.2, 0) is 4.79 Å². The topological polar surface area (TPSA) is 58.7 Å². The zero-order valence-electron chi connectivity index (χ0n) is 14.3. The van der Waals surface area contributed by atoms with Crippen molar-refractivity contribution in [2.75, 3.05) is 11.5 Å². The first-order valence-electron chi connectivity index (χ1n) is 8.05. The summed E-state index contributed by atoms with van der Waals surface area (Å²) in [4.78, 5) is 11.9. The Balaban J connectivity index is 0.000000701. The van der Waals surface area contributed by atoms with Crippen LogP contribution < -0.4 is 5.73 Å². The molecule has 1 aliphatic heterocycles. The maximum absolute atomic E-state index is 13.5. The van der Waals surface area contributed by atoms with Crippen molar-refractivity contribution in [3.05, 3.63) is 65.5 Å². The van der Waals surface area contributed by atoms with Crippen LogP contribution in [0.2, 0.25) is 0 Å². The molecular weight excluding hydrogens is 337 g/mol. The first-order valence-corrected chi connectivity index (χ1v) is 8.69. The summed E-state index contributed by atoms with van der Waals surface area (Å²) in [6.45, 7) is 3.45. The number of halogens is 1. The van der Waals surface area contributed by atoms with Crippen LogP contribution in [0.1, 0.15) is 37.4 Å². The molecule has 25 heavy (non-hydrogen) atoms. The molecule has 1 atom stereocenters. The lowest BCUT2D eigenvalue weighted by Crippen LogP contribution is -2.24. The Morgan fingerprint density at radius 2 is 1.96 bits per heavy atom. The van der Waals surface area contributed by atoms with Gasteiger partial charge >= 0.3 is 0 Å². The predicted octanol–water partition coefficient (Wildman–Crippen LogP) is 4.04. The number of nitrogen functional groups attached to an aromatic ring is 1. The summed E-state index contributed by atoms with van der Waals surface area (Å²) in [7, 11) is 0. The van der Waals surface area contributed by atoms with Crippen LogP contribution in [0.5, 0.6) is 0 Å². The second kappa shape index (κ2) is 8.67. The number of hydrogen-bond acceptors (Lipinski definition) is 4. The second-order valence-corrected chi connectivity index (χ2v) is 6.26. The molecular formula is C19H22FN3OS. The lowest BCUT2D eigenvalue weighted by atomic mass is 9.98. The van der Waals surface area contributed by atoms with Crippen LogP contribution in [-0.4, -0.2) is 22.4 Å². The molecule has 0 fully saturated rings. The molecule has 0 saturated carbocycles. The average molecular weight is 359 g/mol. The molecule has 0 radical (unpaired) electrons. The largest absolute Gasteiger partial charge is 0.399 e. The van der Waals surface area contributed by atoms with Crippen LogP contribution in [0.4, 0.5) is 10.1 Å². The number of carbonyl (C=O) groups excluding carboxylic acids is 1. The van der Waals surface area contributed by atoms with Crippen molar-refractivity contribution >= 4 is 29.9 Å². The van der Waals surface area contributed by atoms with Crippen LogP contribution in [0.3, 0.4) is 0 Å². The summed E-state index contributed by atoms with van der Waals surface area (Å²) < 4.78 is 13.5. The van der Waals surface area contributed by atoms with Gasteiger partial charge in [-0.2, -0.15) is 17.7 Å². The van der Waals surface area contributed by atoms with Crippen molar-refractivity contribution in [3.8, 4) is 0 Å². The second-order valence-electron chi connectivity index (χ2n) is 5.62. The van der Waals surface area contributed by atoms with E-state index in [4.69, 9.17) is 5.73 Å². The van der Waals surface area contributed by atoms with Crippen molar-refractivity contribution in [1.82, 2.24) is 5.01 Å². The molecule has 0 bridgehead atoms. The van der Waals surface area contributed by atoms with E-state index in [9.17, 15) is 9.18 Å². The smallest absolute Gasteiger partial charge is 0.240 e. The first kappa shape index (κ1) is 19.0. The molecule has 0 saturated heterocycles. The predicted molar refractivity (Wildman–Crippen MR) is 103 cm³/mol.